The fraction of sp³-hybridized carbons (Fsp3) is 0.167. The van der Waals surface area contributed by atoms with Crippen molar-refractivity contribution in [1.82, 2.24) is 0 Å². The molecule has 2 N–H and O–H groups in total. The molecule has 2 amide bonds. The summed E-state index contributed by atoms with van der Waals surface area (Å²) in [4.78, 5) is 28.9. The van der Waals surface area contributed by atoms with Gasteiger partial charge in [-0.1, -0.05) is 12.1 Å². The molecule has 1 heterocycles. The summed E-state index contributed by atoms with van der Waals surface area (Å²) in [7, 11) is 1.73. The third kappa shape index (κ3) is 4.07. The molecule has 2 aromatic carbocycles. The van der Waals surface area contributed by atoms with Crippen molar-refractivity contribution in [3.63, 3.8) is 0 Å². The Hall–Kier alpha value is -1.94. The summed E-state index contributed by atoms with van der Waals surface area (Å²) in [5, 5.41) is 3.23. The third-order valence-electron chi connectivity index (χ3n) is 3.79. The van der Waals surface area contributed by atoms with Crippen LogP contribution >= 0.6 is 34.4 Å². The molecule has 1 fully saturated rings. The Kier molecular flexibility index (Phi) is 5.92. The van der Waals surface area contributed by atoms with Gasteiger partial charge in [0.25, 0.3) is 0 Å². The van der Waals surface area contributed by atoms with Crippen LogP contribution in [0.1, 0.15) is 6.42 Å². The van der Waals surface area contributed by atoms with Gasteiger partial charge in [0.1, 0.15) is 16.8 Å². The first-order chi connectivity index (χ1) is 12.5. The van der Waals surface area contributed by atoms with E-state index in [4.69, 9.17) is 0 Å². The highest BCUT2D eigenvalue weighted by molar-refractivity contribution is 14.1. The van der Waals surface area contributed by atoms with Gasteiger partial charge in [-0.3, -0.25) is 14.6 Å². The zero-order valence-corrected chi connectivity index (χ0v) is 16.8. The second-order valence-corrected chi connectivity index (χ2v) is 8.00. The number of halogens is 2. The molecule has 0 radical (unpaired) electrons. The fourth-order valence-electron chi connectivity index (χ4n) is 2.54. The van der Waals surface area contributed by atoms with Gasteiger partial charge < -0.3 is 0 Å². The lowest BCUT2D eigenvalue weighted by atomic mass is 10.3. The van der Waals surface area contributed by atoms with Crippen molar-refractivity contribution in [2.75, 3.05) is 17.3 Å². The van der Waals surface area contributed by atoms with Crippen LogP contribution in [0.3, 0.4) is 0 Å². The topological polar surface area (TPSA) is 63.4 Å². The summed E-state index contributed by atoms with van der Waals surface area (Å²) in [5.74, 6) is -1.40. The Morgan fingerprint density at radius 2 is 1.92 bits per heavy atom. The number of amidine groups is 1. The summed E-state index contributed by atoms with van der Waals surface area (Å²) in [6, 6.07) is 13.6. The number of anilines is 2. The number of hydrogen-bond donors (Lipinski definition) is 2. The maximum Gasteiger partial charge on any atom is 0.309 e. The van der Waals surface area contributed by atoms with Gasteiger partial charge in [-0.25, -0.2) is 14.6 Å². The van der Waals surface area contributed by atoms with Crippen molar-refractivity contribution in [2.24, 2.45) is 0 Å². The summed E-state index contributed by atoms with van der Waals surface area (Å²) in [6.45, 7) is 0. The summed E-state index contributed by atoms with van der Waals surface area (Å²) in [6.07, 6.45) is 0.0252. The summed E-state index contributed by atoms with van der Waals surface area (Å²) < 4.78 is 15.1. The molecule has 2 aromatic rings. The monoisotopic (exact) mass is 484 g/mol. The van der Waals surface area contributed by atoms with E-state index in [1.165, 1.54) is 30.0 Å². The number of rotatable bonds is 3. The third-order valence-corrected chi connectivity index (χ3v) is 5.70. The van der Waals surface area contributed by atoms with Crippen LogP contribution in [0.15, 0.2) is 48.5 Å². The molecule has 0 saturated carbocycles. The number of nitrogens with one attached hydrogen (secondary N) is 2. The van der Waals surface area contributed by atoms with E-state index in [0.29, 0.717) is 5.17 Å². The standard InChI is InChI=1S/C18H15FIN3O2S/c1-21-18(22-12-8-6-11(20)7-9-12)26-15-10-16(24)23(17(15)25)14-5-3-2-4-13(14)19/h2-9,15H,10H2,1H3,(H,21,22)/p+1. The van der Waals surface area contributed by atoms with Crippen molar-refractivity contribution in [2.45, 2.75) is 11.7 Å². The largest absolute Gasteiger partial charge is 0.309 e. The number of imide groups is 1. The average Bonchev–Trinajstić information content (AvgIpc) is 2.90. The predicted molar refractivity (Wildman–Crippen MR) is 110 cm³/mol. The van der Waals surface area contributed by atoms with Crippen LogP contribution in [0.4, 0.5) is 15.8 Å². The first-order valence-electron chi connectivity index (χ1n) is 7.85. The molecule has 0 aliphatic carbocycles. The predicted octanol–water partition coefficient (Wildman–Crippen LogP) is 1.97. The van der Waals surface area contributed by atoms with Crippen LogP contribution in [-0.4, -0.2) is 29.3 Å². The average molecular weight is 484 g/mol. The maximum absolute atomic E-state index is 14.0. The summed E-state index contributed by atoms with van der Waals surface area (Å²) >= 11 is 3.45. The SMILES string of the molecule is C[NH+]=C(Nc1ccc(I)cc1)SC1CC(=O)N(c2ccccc2F)C1=O. The van der Waals surface area contributed by atoms with E-state index < -0.39 is 22.9 Å². The highest BCUT2D eigenvalue weighted by Gasteiger charge is 2.42. The zero-order valence-electron chi connectivity index (χ0n) is 13.8. The molecule has 5 nitrogen and oxygen atoms in total. The van der Waals surface area contributed by atoms with Crippen LogP contribution in [0.25, 0.3) is 0 Å². The van der Waals surface area contributed by atoms with Gasteiger partial charge in [-0.15, -0.1) is 0 Å². The molecule has 1 saturated heterocycles. The molecule has 8 heteroatoms. The molecule has 1 unspecified atom stereocenters. The Labute approximate surface area is 168 Å². The van der Waals surface area contributed by atoms with Crippen LogP contribution in [-0.2, 0) is 9.59 Å². The molecule has 3 rings (SSSR count). The second kappa shape index (κ2) is 8.17. The Morgan fingerprint density at radius 3 is 2.58 bits per heavy atom. The maximum atomic E-state index is 14.0. The minimum atomic E-state index is -0.610. The number of amides is 2. The smallest absolute Gasteiger partial charge is 0.274 e. The van der Waals surface area contributed by atoms with Crippen molar-refractivity contribution in [3.8, 4) is 0 Å². The van der Waals surface area contributed by atoms with Gasteiger partial charge in [0.05, 0.1) is 12.7 Å². The number of nitrogens with zero attached hydrogens (tertiary/aromatic N) is 1. The Bertz CT molecular complexity index is 873. The van der Waals surface area contributed by atoms with Crippen molar-refractivity contribution in [3.05, 3.63) is 57.9 Å². The lowest BCUT2D eigenvalue weighted by Crippen LogP contribution is -2.69. The molecule has 0 spiro atoms. The van der Waals surface area contributed by atoms with Crippen LogP contribution < -0.4 is 15.2 Å². The van der Waals surface area contributed by atoms with Gasteiger partial charge in [-0.05, 0) is 70.8 Å². The van der Waals surface area contributed by atoms with Crippen molar-refractivity contribution >= 4 is 62.7 Å². The molecule has 1 aliphatic rings. The molecule has 26 heavy (non-hydrogen) atoms. The normalized spacial score (nSPS) is 17.7. The number of hydrogen-bond acceptors (Lipinski definition) is 3. The van der Waals surface area contributed by atoms with E-state index in [9.17, 15) is 14.0 Å². The molecular formula is C18H16FIN3O2S+. The highest BCUT2D eigenvalue weighted by Crippen LogP contribution is 2.31. The van der Waals surface area contributed by atoms with E-state index in [1.54, 1.807) is 13.1 Å². The Balaban J connectivity index is 1.73. The van der Waals surface area contributed by atoms with Gasteiger partial charge in [-0.2, -0.15) is 0 Å². The lowest BCUT2D eigenvalue weighted by Gasteiger charge is -2.15. The van der Waals surface area contributed by atoms with Crippen LogP contribution in [0, 0.1) is 9.39 Å². The fourth-order valence-corrected chi connectivity index (χ4v) is 3.91. The number of carbonyl (C=O) groups is 2. The first kappa shape index (κ1) is 18.8. The zero-order chi connectivity index (χ0) is 18.7. The van der Waals surface area contributed by atoms with Gasteiger partial charge in [0.15, 0.2) is 0 Å². The lowest BCUT2D eigenvalue weighted by molar-refractivity contribution is -0.416. The van der Waals surface area contributed by atoms with Crippen LogP contribution in [0.5, 0.6) is 0 Å². The molecule has 1 atom stereocenters. The number of carbonyl (C=O) groups excluding carboxylic acids is 2. The number of thioether (sulfide) groups is 1. The Morgan fingerprint density at radius 1 is 1.23 bits per heavy atom. The molecule has 0 aromatic heterocycles. The molecular weight excluding hydrogens is 468 g/mol. The molecule has 134 valence electrons. The minimum Gasteiger partial charge on any atom is -0.274 e. The quantitative estimate of drug-likeness (QED) is 0.303. The minimum absolute atomic E-state index is 0.00204. The second-order valence-electron chi connectivity index (χ2n) is 5.54. The molecule has 1 aliphatic heterocycles. The summed E-state index contributed by atoms with van der Waals surface area (Å²) in [5.41, 5.74) is 0.868. The van der Waals surface area contributed by atoms with E-state index >= 15 is 0 Å². The van der Waals surface area contributed by atoms with E-state index in [0.717, 1.165) is 14.2 Å². The van der Waals surface area contributed by atoms with E-state index in [-0.39, 0.29) is 12.1 Å². The van der Waals surface area contributed by atoms with E-state index in [2.05, 4.69) is 32.9 Å². The van der Waals surface area contributed by atoms with Gasteiger partial charge in [0, 0.05) is 9.99 Å². The van der Waals surface area contributed by atoms with Crippen molar-refractivity contribution < 1.29 is 19.0 Å². The number of benzene rings is 2. The first-order valence-corrected chi connectivity index (χ1v) is 9.80. The highest BCUT2D eigenvalue weighted by atomic mass is 127. The number of para-hydroxylation sites is 1. The van der Waals surface area contributed by atoms with Gasteiger partial charge in [0.2, 0.25) is 11.8 Å². The van der Waals surface area contributed by atoms with Gasteiger partial charge >= 0.3 is 5.17 Å². The van der Waals surface area contributed by atoms with Crippen molar-refractivity contribution in [1.29, 1.82) is 0 Å². The van der Waals surface area contributed by atoms with E-state index in [1.807, 2.05) is 24.3 Å². The molecule has 0 bridgehead atoms. The van der Waals surface area contributed by atoms with Crippen LogP contribution in [0.2, 0.25) is 0 Å².